The van der Waals surface area contributed by atoms with Crippen LogP contribution in [0.15, 0.2) is 29.2 Å². The van der Waals surface area contributed by atoms with Crippen LogP contribution in [0.2, 0.25) is 0 Å². The maximum atomic E-state index is 12.6. The van der Waals surface area contributed by atoms with Crippen LogP contribution in [-0.4, -0.2) is 49.3 Å². The summed E-state index contributed by atoms with van der Waals surface area (Å²) in [5.41, 5.74) is 0.518. The van der Waals surface area contributed by atoms with Gasteiger partial charge in [-0.2, -0.15) is 0 Å². The molecule has 5 nitrogen and oxygen atoms in total. The molecule has 0 radical (unpaired) electrons. The zero-order valence-corrected chi connectivity index (χ0v) is 12.3. The maximum absolute atomic E-state index is 12.6. The number of benzene rings is 1. The number of carboxylic acid groups (broad SMARTS) is 1. The van der Waals surface area contributed by atoms with Crippen LogP contribution in [0.5, 0.6) is 0 Å². The summed E-state index contributed by atoms with van der Waals surface area (Å²) in [5.74, 6) is -0.961. The summed E-state index contributed by atoms with van der Waals surface area (Å²) in [6.45, 7) is 4.23. The number of nitrogens with zero attached hydrogens (tertiary/aromatic N) is 1. The third-order valence-electron chi connectivity index (χ3n) is 3.70. The molecule has 1 saturated heterocycles. The third-order valence-corrected chi connectivity index (χ3v) is 5.87. The molecule has 0 saturated carbocycles. The quantitative estimate of drug-likeness (QED) is 0.883. The second-order valence-corrected chi connectivity index (χ2v) is 7.29. The van der Waals surface area contributed by atoms with Crippen LogP contribution in [0.1, 0.15) is 18.9 Å². The minimum Gasteiger partial charge on any atom is -0.481 e. The predicted octanol–water partition coefficient (Wildman–Crippen LogP) is 1.18. The Morgan fingerprint density at radius 1 is 1.45 bits per heavy atom. The molecule has 110 valence electrons. The monoisotopic (exact) mass is 297 g/mol. The summed E-state index contributed by atoms with van der Waals surface area (Å²) in [7, 11) is -3.37. The lowest BCUT2D eigenvalue weighted by atomic mass is 10.2. The minimum atomic E-state index is -3.37. The molecule has 1 atom stereocenters. The van der Waals surface area contributed by atoms with E-state index < -0.39 is 15.8 Å². The molecule has 0 spiro atoms. The van der Waals surface area contributed by atoms with Crippen molar-refractivity contribution in [3.05, 3.63) is 29.8 Å². The Labute approximate surface area is 119 Å². The molecule has 1 N–H and O–H groups in total. The molecule has 20 heavy (non-hydrogen) atoms. The third kappa shape index (κ3) is 3.19. The van der Waals surface area contributed by atoms with Crippen molar-refractivity contribution in [1.82, 2.24) is 4.90 Å². The van der Waals surface area contributed by atoms with Gasteiger partial charge in [-0.15, -0.1) is 0 Å². The van der Waals surface area contributed by atoms with Crippen molar-refractivity contribution in [1.29, 1.82) is 0 Å². The number of hydrogen-bond donors (Lipinski definition) is 1. The molecular formula is C14H19NO4S. The molecule has 1 fully saturated rings. The van der Waals surface area contributed by atoms with E-state index >= 15 is 0 Å². The van der Waals surface area contributed by atoms with Gasteiger partial charge in [-0.1, -0.05) is 19.1 Å². The molecule has 1 unspecified atom stereocenters. The highest BCUT2D eigenvalue weighted by atomic mass is 32.2. The van der Waals surface area contributed by atoms with Crippen molar-refractivity contribution in [3.8, 4) is 0 Å². The average molecular weight is 297 g/mol. The Bertz CT molecular complexity index is 597. The molecule has 1 heterocycles. The largest absolute Gasteiger partial charge is 0.481 e. The minimum absolute atomic E-state index is 0.158. The molecule has 0 amide bonds. The number of carbonyl (C=O) groups is 1. The number of sulfone groups is 1. The van der Waals surface area contributed by atoms with E-state index in [0.29, 0.717) is 18.5 Å². The number of carboxylic acids is 1. The normalized spacial score (nSPS) is 20.1. The molecule has 1 aliphatic heterocycles. The fourth-order valence-corrected chi connectivity index (χ4v) is 4.33. The lowest BCUT2D eigenvalue weighted by Gasteiger charge is -2.14. The van der Waals surface area contributed by atoms with Crippen LogP contribution >= 0.6 is 0 Å². The van der Waals surface area contributed by atoms with Crippen molar-refractivity contribution in [2.45, 2.75) is 29.9 Å². The first-order valence-electron chi connectivity index (χ1n) is 6.70. The Morgan fingerprint density at radius 3 is 2.80 bits per heavy atom. The molecule has 0 aromatic heterocycles. The topological polar surface area (TPSA) is 74.7 Å². The van der Waals surface area contributed by atoms with Gasteiger partial charge in [0.25, 0.3) is 0 Å². The number of aliphatic carboxylic acids is 1. The van der Waals surface area contributed by atoms with Crippen molar-refractivity contribution in [2.75, 3.05) is 19.6 Å². The number of hydrogen-bond acceptors (Lipinski definition) is 4. The highest BCUT2D eigenvalue weighted by Crippen LogP contribution is 2.24. The van der Waals surface area contributed by atoms with E-state index in [4.69, 9.17) is 5.11 Å². The Balaban J connectivity index is 2.23. The van der Waals surface area contributed by atoms with E-state index in [2.05, 4.69) is 4.90 Å². The zero-order chi connectivity index (χ0) is 14.8. The van der Waals surface area contributed by atoms with Crippen molar-refractivity contribution < 1.29 is 18.3 Å². The summed E-state index contributed by atoms with van der Waals surface area (Å²) in [4.78, 5) is 13.1. The van der Waals surface area contributed by atoms with Crippen LogP contribution in [0.4, 0.5) is 0 Å². The first kappa shape index (κ1) is 15.0. The average Bonchev–Trinajstić information content (AvgIpc) is 2.87. The van der Waals surface area contributed by atoms with Crippen LogP contribution in [-0.2, 0) is 21.1 Å². The predicted molar refractivity (Wildman–Crippen MR) is 75.5 cm³/mol. The molecule has 0 aliphatic carbocycles. The number of rotatable bonds is 5. The Hall–Kier alpha value is -1.40. The first-order valence-corrected chi connectivity index (χ1v) is 8.25. The second-order valence-electron chi connectivity index (χ2n) is 5.07. The molecular weight excluding hydrogens is 278 g/mol. The van der Waals surface area contributed by atoms with Crippen LogP contribution in [0, 0.1) is 0 Å². The number of likely N-dealkylation sites (tertiary alicyclic amines) is 1. The van der Waals surface area contributed by atoms with Crippen molar-refractivity contribution >= 4 is 15.8 Å². The summed E-state index contributed by atoms with van der Waals surface area (Å²) >= 11 is 0. The van der Waals surface area contributed by atoms with Crippen LogP contribution < -0.4 is 0 Å². The SMILES string of the molecule is CCN1CCC(S(=O)(=O)c2cccc(CC(=O)O)c2)C1. The van der Waals surface area contributed by atoms with Gasteiger partial charge in [0.1, 0.15) is 0 Å². The van der Waals surface area contributed by atoms with Gasteiger partial charge >= 0.3 is 5.97 Å². The van der Waals surface area contributed by atoms with Gasteiger partial charge in [-0.05, 0) is 37.2 Å². The molecule has 1 aromatic rings. The summed E-state index contributed by atoms with van der Waals surface area (Å²) < 4.78 is 25.1. The van der Waals surface area contributed by atoms with Gasteiger partial charge in [0.15, 0.2) is 9.84 Å². The summed E-state index contributed by atoms with van der Waals surface area (Å²) in [5, 5.41) is 8.40. The first-order chi connectivity index (χ1) is 9.43. The highest BCUT2D eigenvalue weighted by molar-refractivity contribution is 7.92. The van der Waals surface area contributed by atoms with Gasteiger partial charge in [-0.3, -0.25) is 4.79 Å². The van der Waals surface area contributed by atoms with Crippen LogP contribution in [0.3, 0.4) is 0 Å². The summed E-state index contributed by atoms with van der Waals surface area (Å²) in [6.07, 6.45) is 0.481. The lowest BCUT2D eigenvalue weighted by Crippen LogP contribution is -2.27. The fraction of sp³-hybridized carbons (Fsp3) is 0.500. The lowest BCUT2D eigenvalue weighted by molar-refractivity contribution is -0.136. The molecule has 2 rings (SSSR count). The van der Waals surface area contributed by atoms with E-state index in [1.54, 1.807) is 18.2 Å². The van der Waals surface area contributed by atoms with Gasteiger partial charge < -0.3 is 10.0 Å². The van der Waals surface area contributed by atoms with Gasteiger partial charge in [0.2, 0.25) is 0 Å². The van der Waals surface area contributed by atoms with E-state index in [9.17, 15) is 13.2 Å². The van der Waals surface area contributed by atoms with Gasteiger partial charge in [-0.25, -0.2) is 8.42 Å². The van der Waals surface area contributed by atoms with E-state index in [1.807, 2.05) is 6.92 Å². The molecule has 1 aromatic carbocycles. The van der Waals surface area contributed by atoms with Gasteiger partial charge in [0.05, 0.1) is 16.6 Å². The summed E-state index contributed by atoms with van der Waals surface area (Å²) in [6, 6.07) is 6.28. The van der Waals surface area contributed by atoms with E-state index in [1.165, 1.54) is 6.07 Å². The Morgan fingerprint density at radius 2 is 2.20 bits per heavy atom. The standard InChI is InChI=1S/C14H19NO4S/c1-2-15-7-6-13(10-15)20(18,19)12-5-3-4-11(8-12)9-14(16)17/h3-5,8,13H,2,6-7,9-10H2,1H3,(H,16,17). The zero-order valence-electron chi connectivity index (χ0n) is 11.4. The molecule has 1 aliphatic rings. The van der Waals surface area contributed by atoms with E-state index in [0.717, 1.165) is 13.1 Å². The van der Waals surface area contributed by atoms with Crippen LogP contribution in [0.25, 0.3) is 0 Å². The van der Waals surface area contributed by atoms with E-state index in [-0.39, 0.29) is 16.6 Å². The Kier molecular flexibility index (Phi) is 4.45. The second kappa shape index (κ2) is 5.93. The highest BCUT2D eigenvalue weighted by Gasteiger charge is 2.33. The maximum Gasteiger partial charge on any atom is 0.307 e. The molecule has 0 bridgehead atoms. The van der Waals surface area contributed by atoms with Crippen molar-refractivity contribution in [3.63, 3.8) is 0 Å². The smallest absolute Gasteiger partial charge is 0.307 e. The molecule has 6 heteroatoms. The van der Waals surface area contributed by atoms with Crippen molar-refractivity contribution in [2.24, 2.45) is 0 Å². The van der Waals surface area contributed by atoms with Gasteiger partial charge in [0, 0.05) is 6.54 Å². The fourth-order valence-electron chi connectivity index (χ4n) is 2.54.